The first kappa shape index (κ1) is 24.1. The Bertz CT molecular complexity index is 851. The summed E-state index contributed by atoms with van der Waals surface area (Å²) in [5, 5.41) is 6.54. The molecule has 28 heavy (non-hydrogen) atoms. The highest BCUT2D eigenvalue weighted by molar-refractivity contribution is 14.0. The Balaban J connectivity index is 0.00000392. The molecule has 0 radical (unpaired) electrons. The van der Waals surface area contributed by atoms with Crippen LogP contribution in [0.3, 0.4) is 0 Å². The minimum atomic E-state index is -0.199. The first-order valence-electron chi connectivity index (χ1n) is 9.32. The molecule has 0 spiro atoms. The Morgan fingerprint density at radius 2 is 1.96 bits per heavy atom. The fourth-order valence-electron chi connectivity index (χ4n) is 2.87. The number of nitrogens with one attached hydrogen (secondary N) is 2. The number of hydrogen-bond donors (Lipinski definition) is 2. The fourth-order valence-corrected chi connectivity index (χ4v) is 2.87. The van der Waals surface area contributed by atoms with Crippen molar-refractivity contribution in [3.05, 3.63) is 69.4 Å². The van der Waals surface area contributed by atoms with E-state index in [0.29, 0.717) is 18.1 Å². The number of halogens is 2. The van der Waals surface area contributed by atoms with Crippen LogP contribution >= 0.6 is 24.0 Å². The van der Waals surface area contributed by atoms with Gasteiger partial charge in [0.15, 0.2) is 5.96 Å². The SMILES string of the molecule is CN=C(NCCCCn1c(C)cccc1=O)NC(C)c1ccc(C)c(F)c1.I. The van der Waals surface area contributed by atoms with Crippen LogP contribution in [0.4, 0.5) is 4.39 Å². The van der Waals surface area contributed by atoms with Gasteiger partial charge in [-0.3, -0.25) is 9.79 Å². The molecular formula is C21H30FIN4O. The second kappa shape index (κ2) is 11.8. The lowest BCUT2D eigenvalue weighted by atomic mass is 10.1. The number of hydrogen-bond acceptors (Lipinski definition) is 2. The van der Waals surface area contributed by atoms with Crippen LogP contribution in [0.2, 0.25) is 0 Å². The van der Waals surface area contributed by atoms with E-state index in [1.807, 2.05) is 26.0 Å². The molecule has 0 saturated carbocycles. The van der Waals surface area contributed by atoms with Gasteiger partial charge in [0.05, 0.1) is 6.04 Å². The summed E-state index contributed by atoms with van der Waals surface area (Å²) >= 11 is 0. The van der Waals surface area contributed by atoms with E-state index in [9.17, 15) is 9.18 Å². The van der Waals surface area contributed by atoms with Gasteiger partial charge in [-0.1, -0.05) is 18.2 Å². The van der Waals surface area contributed by atoms with Gasteiger partial charge in [0, 0.05) is 31.9 Å². The van der Waals surface area contributed by atoms with Gasteiger partial charge in [0.25, 0.3) is 5.56 Å². The van der Waals surface area contributed by atoms with Gasteiger partial charge < -0.3 is 15.2 Å². The number of guanidine groups is 1. The molecule has 2 rings (SSSR count). The van der Waals surface area contributed by atoms with Crippen molar-refractivity contribution in [2.75, 3.05) is 13.6 Å². The minimum Gasteiger partial charge on any atom is -0.356 e. The van der Waals surface area contributed by atoms with Crippen LogP contribution in [0.1, 0.15) is 42.6 Å². The van der Waals surface area contributed by atoms with Gasteiger partial charge >= 0.3 is 0 Å². The van der Waals surface area contributed by atoms with Crippen LogP contribution in [0.5, 0.6) is 0 Å². The number of pyridine rings is 1. The van der Waals surface area contributed by atoms with E-state index in [1.54, 1.807) is 42.8 Å². The van der Waals surface area contributed by atoms with E-state index < -0.39 is 0 Å². The van der Waals surface area contributed by atoms with E-state index in [-0.39, 0.29) is 41.4 Å². The molecular weight excluding hydrogens is 470 g/mol. The Labute approximate surface area is 183 Å². The van der Waals surface area contributed by atoms with Gasteiger partial charge in [-0.2, -0.15) is 0 Å². The molecule has 0 bridgehead atoms. The van der Waals surface area contributed by atoms with Crippen molar-refractivity contribution >= 4 is 29.9 Å². The third-order valence-corrected chi connectivity index (χ3v) is 4.64. The number of benzene rings is 1. The maximum Gasteiger partial charge on any atom is 0.250 e. The maximum atomic E-state index is 13.7. The van der Waals surface area contributed by atoms with Crippen LogP contribution in [0, 0.1) is 19.7 Å². The van der Waals surface area contributed by atoms with Crippen molar-refractivity contribution in [1.29, 1.82) is 0 Å². The predicted octanol–water partition coefficient (Wildman–Crippen LogP) is 3.93. The van der Waals surface area contributed by atoms with E-state index >= 15 is 0 Å². The second-order valence-corrected chi connectivity index (χ2v) is 6.74. The average molecular weight is 500 g/mol. The molecule has 0 fully saturated rings. The van der Waals surface area contributed by atoms with Crippen molar-refractivity contribution in [3.63, 3.8) is 0 Å². The van der Waals surface area contributed by atoms with E-state index in [0.717, 1.165) is 30.6 Å². The molecule has 2 N–H and O–H groups in total. The van der Waals surface area contributed by atoms with Crippen molar-refractivity contribution in [1.82, 2.24) is 15.2 Å². The highest BCUT2D eigenvalue weighted by Gasteiger charge is 2.09. The third-order valence-electron chi connectivity index (χ3n) is 4.64. The maximum absolute atomic E-state index is 13.7. The predicted molar refractivity (Wildman–Crippen MR) is 124 cm³/mol. The van der Waals surface area contributed by atoms with E-state index in [1.165, 1.54) is 0 Å². The number of aliphatic imine (C=N–C) groups is 1. The summed E-state index contributed by atoms with van der Waals surface area (Å²) < 4.78 is 15.5. The zero-order valence-corrected chi connectivity index (χ0v) is 19.3. The molecule has 0 amide bonds. The lowest BCUT2D eigenvalue weighted by molar-refractivity contribution is 0.571. The molecule has 2 aromatic rings. The molecule has 1 aromatic heterocycles. The first-order chi connectivity index (χ1) is 12.9. The fraction of sp³-hybridized carbons (Fsp3) is 0.429. The Morgan fingerprint density at radius 1 is 1.21 bits per heavy atom. The first-order valence-corrected chi connectivity index (χ1v) is 9.32. The normalized spacial score (nSPS) is 12.2. The van der Waals surface area contributed by atoms with E-state index in [4.69, 9.17) is 0 Å². The molecule has 1 aromatic carbocycles. The molecule has 7 heteroatoms. The number of aryl methyl sites for hydroxylation is 2. The zero-order valence-electron chi connectivity index (χ0n) is 17.0. The zero-order chi connectivity index (χ0) is 19.8. The molecule has 5 nitrogen and oxygen atoms in total. The Kier molecular flexibility index (Phi) is 10.2. The largest absolute Gasteiger partial charge is 0.356 e. The molecule has 1 atom stereocenters. The van der Waals surface area contributed by atoms with Crippen LogP contribution in [0.25, 0.3) is 0 Å². The smallest absolute Gasteiger partial charge is 0.250 e. The summed E-state index contributed by atoms with van der Waals surface area (Å²) in [7, 11) is 1.71. The second-order valence-electron chi connectivity index (χ2n) is 6.74. The summed E-state index contributed by atoms with van der Waals surface area (Å²) in [6, 6.07) is 10.5. The van der Waals surface area contributed by atoms with Crippen molar-refractivity contribution in [3.8, 4) is 0 Å². The van der Waals surface area contributed by atoms with Gasteiger partial charge in [0.1, 0.15) is 5.82 Å². The van der Waals surface area contributed by atoms with Crippen molar-refractivity contribution < 1.29 is 4.39 Å². The van der Waals surface area contributed by atoms with Crippen LogP contribution in [0.15, 0.2) is 46.2 Å². The summed E-state index contributed by atoms with van der Waals surface area (Å²) in [5.41, 5.74) is 2.54. The number of nitrogens with zero attached hydrogens (tertiary/aromatic N) is 2. The molecule has 1 heterocycles. The monoisotopic (exact) mass is 500 g/mol. The number of aromatic nitrogens is 1. The van der Waals surface area contributed by atoms with Crippen LogP contribution < -0.4 is 16.2 Å². The lowest BCUT2D eigenvalue weighted by Crippen LogP contribution is -2.39. The van der Waals surface area contributed by atoms with Crippen LogP contribution in [-0.4, -0.2) is 24.1 Å². The van der Waals surface area contributed by atoms with E-state index in [2.05, 4.69) is 15.6 Å². The summed E-state index contributed by atoms with van der Waals surface area (Å²) in [4.78, 5) is 16.1. The highest BCUT2D eigenvalue weighted by Crippen LogP contribution is 2.16. The number of rotatable bonds is 7. The Hall–Kier alpha value is -1.90. The van der Waals surface area contributed by atoms with Gasteiger partial charge in [-0.25, -0.2) is 4.39 Å². The average Bonchev–Trinajstić information content (AvgIpc) is 2.64. The summed E-state index contributed by atoms with van der Waals surface area (Å²) in [5.74, 6) is 0.479. The molecule has 154 valence electrons. The van der Waals surface area contributed by atoms with Gasteiger partial charge in [-0.05, 0) is 56.9 Å². The Morgan fingerprint density at radius 3 is 2.61 bits per heavy atom. The molecule has 0 saturated heterocycles. The third kappa shape index (κ3) is 6.92. The van der Waals surface area contributed by atoms with Gasteiger partial charge in [-0.15, -0.1) is 24.0 Å². The summed E-state index contributed by atoms with van der Waals surface area (Å²) in [6.07, 6.45) is 1.81. The molecule has 0 aliphatic rings. The molecule has 0 aliphatic carbocycles. The topological polar surface area (TPSA) is 58.4 Å². The molecule has 1 unspecified atom stereocenters. The van der Waals surface area contributed by atoms with Gasteiger partial charge in [0.2, 0.25) is 0 Å². The molecule has 0 aliphatic heterocycles. The van der Waals surface area contributed by atoms with Crippen LogP contribution in [-0.2, 0) is 6.54 Å². The minimum absolute atomic E-state index is 0. The van der Waals surface area contributed by atoms with Crippen molar-refractivity contribution in [2.45, 2.75) is 46.2 Å². The number of unbranched alkanes of at least 4 members (excludes halogenated alkanes) is 1. The quantitative estimate of drug-likeness (QED) is 0.262. The highest BCUT2D eigenvalue weighted by atomic mass is 127. The standard InChI is InChI=1S/C21H29FN4O.HI/c1-15-10-11-18(14-19(15)22)17(3)25-21(23-4)24-12-5-6-13-26-16(2)8-7-9-20(26)27;/h7-11,14,17H,5-6,12-13H2,1-4H3,(H2,23,24,25);1H. The van der Waals surface area contributed by atoms with Crippen molar-refractivity contribution in [2.24, 2.45) is 4.99 Å². The lowest BCUT2D eigenvalue weighted by Gasteiger charge is -2.19. The summed E-state index contributed by atoms with van der Waals surface area (Å²) in [6.45, 7) is 7.12.